The molecule has 24 heavy (non-hydrogen) atoms. The third-order valence-electron chi connectivity index (χ3n) is 3.10. The molecule has 0 aliphatic carbocycles. The molecule has 0 aliphatic rings. The number of phosphoric ester groups is 1. The van der Waals surface area contributed by atoms with E-state index in [1.165, 1.54) is 11.3 Å². The molecule has 2 rings (SSSR count). The quantitative estimate of drug-likeness (QED) is 0.241. The number of hydrogen-bond donors (Lipinski definition) is 4. The molecule has 134 valence electrons. The fourth-order valence-corrected chi connectivity index (χ4v) is 3.22. The predicted octanol–water partition coefficient (Wildman–Crippen LogP) is 0.854. The summed E-state index contributed by atoms with van der Waals surface area (Å²) in [5.41, 5.74) is 9.59. The number of thiol groups is 2. The van der Waals surface area contributed by atoms with Crippen LogP contribution in [0.4, 0.5) is 5.82 Å². The number of hydrogen-bond acceptors (Lipinski definition) is 9. The van der Waals surface area contributed by atoms with E-state index in [9.17, 15) is 9.46 Å². The minimum atomic E-state index is -4.66. The van der Waals surface area contributed by atoms with Crippen LogP contribution < -0.4 is 15.2 Å². The average molecular weight is 410 g/mol. The first-order valence-electron chi connectivity index (χ1n) is 6.69. The Morgan fingerprint density at radius 3 is 2.75 bits per heavy atom. The van der Waals surface area contributed by atoms with Crippen LogP contribution in [0.25, 0.3) is 0 Å². The van der Waals surface area contributed by atoms with Gasteiger partial charge in [0, 0.05) is 19.5 Å². The molecular weight excluding hydrogens is 391 g/mol. The lowest BCUT2D eigenvalue weighted by molar-refractivity contribution is -0.689. The van der Waals surface area contributed by atoms with Crippen LogP contribution in [0.3, 0.4) is 0 Å². The van der Waals surface area contributed by atoms with E-state index in [-0.39, 0.29) is 6.61 Å². The van der Waals surface area contributed by atoms with Crippen LogP contribution in [0.1, 0.15) is 22.0 Å². The molecule has 0 aliphatic heterocycles. The molecule has 2 heterocycles. The maximum atomic E-state index is 10.5. The van der Waals surface area contributed by atoms with Crippen molar-refractivity contribution >= 4 is 48.3 Å². The highest BCUT2D eigenvalue weighted by Crippen LogP contribution is 2.30. The van der Waals surface area contributed by atoms with Crippen molar-refractivity contribution in [3.05, 3.63) is 33.7 Å². The van der Waals surface area contributed by atoms with Crippen LogP contribution in [-0.2, 0) is 22.1 Å². The number of thiazole rings is 1. The van der Waals surface area contributed by atoms with Gasteiger partial charge in [-0.15, -0.1) is 23.3 Å². The van der Waals surface area contributed by atoms with Crippen molar-refractivity contribution in [2.45, 2.75) is 26.8 Å². The Bertz CT molecular complexity index is 722. The van der Waals surface area contributed by atoms with E-state index in [4.69, 9.17) is 10.6 Å². The number of nitrogen functional groups attached to an aromatic ring is 1. The van der Waals surface area contributed by atoms with E-state index in [2.05, 4.69) is 37.8 Å². The number of aryl methyl sites for hydroxylation is 1. The lowest BCUT2D eigenvalue weighted by Gasteiger charge is -2.14. The second-order valence-electron chi connectivity index (χ2n) is 4.74. The van der Waals surface area contributed by atoms with Crippen molar-refractivity contribution in [1.82, 2.24) is 9.97 Å². The van der Waals surface area contributed by atoms with Gasteiger partial charge in [0.25, 0.3) is 7.82 Å². The van der Waals surface area contributed by atoms with Crippen LogP contribution in [0.15, 0.2) is 11.7 Å². The van der Waals surface area contributed by atoms with Crippen molar-refractivity contribution in [2.24, 2.45) is 0 Å². The topological polar surface area (TPSA) is 125 Å². The molecule has 3 N–H and O–H groups in total. The minimum Gasteiger partial charge on any atom is -0.756 e. The van der Waals surface area contributed by atoms with Gasteiger partial charge in [0.05, 0.1) is 17.0 Å². The van der Waals surface area contributed by atoms with E-state index in [0.717, 1.165) is 16.1 Å². The third kappa shape index (κ3) is 6.67. The number of nitrogens with two attached hydrogens (primary N) is 1. The van der Waals surface area contributed by atoms with Gasteiger partial charge in [-0.3, -0.25) is 4.57 Å². The van der Waals surface area contributed by atoms with Gasteiger partial charge in [-0.25, -0.2) is 9.97 Å². The zero-order valence-corrected chi connectivity index (χ0v) is 16.6. The second kappa shape index (κ2) is 9.71. The molecule has 0 spiro atoms. The normalized spacial score (nSPS) is 13.1. The summed E-state index contributed by atoms with van der Waals surface area (Å²) in [5.74, 6) is 1.07. The van der Waals surface area contributed by atoms with Gasteiger partial charge in [-0.05, 0) is 6.92 Å². The molecule has 0 bridgehead atoms. The minimum absolute atomic E-state index is 0.0889. The first-order valence-corrected chi connectivity index (χ1v) is 10.7. The monoisotopic (exact) mass is 410 g/mol. The number of nitrogens with zero attached hydrogens (tertiary/aromatic N) is 3. The molecule has 0 aromatic carbocycles. The molecule has 0 saturated carbocycles. The molecule has 12 heteroatoms. The fraction of sp³-hybridized carbons (Fsp3) is 0.417. The maximum absolute atomic E-state index is 10.5. The summed E-state index contributed by atoms with van der Waals surface area (Å²) in [5, 5.41) is 0. The van der Waals surface area contributed by atoms with Crippen molar-refractivity contribution in [1.29, 1.82) is 0 Å². The highest BCUT2D eigenvalue weighted by Gasteiger charge is 2.17. The van der Waals surface area contributed by atoms with E-state index < -0.39 is 7.82 Å². The van der Waals surface area contributed by atoms with Crippen LogP contribution >= 0.6 is 42.5 Å². The van der Waals surface area contributed by atoms with E-state index >= 15 is 0 Å². The van der Waals surface area contributed by atoms with Crippen molar-refractivity contribution in [3.8, 4) is 0 Å². The van der Waals surface area contributed by atoms with Crippen molar-refractivity contribution < 1.29 is 23.4 Å². The Balaban J connectivity index is 0.00000139. The Labute approximate surface area is 154 Å². The summed E-state index contributed by atoms with van der Waals surface area (Å²) >= 11 is 7.93. The zero-order chi connectivity index (χ0) is 18.3. The Kier molecular flexibility index (Phi) is 8.65. The first kappa shape index (κ1) is 21.4. The molecule has 8 nitrogen and oxygen atoms in total. The second-order valence-corrected chi connectivity index (χ2v) is 6.87. The molecule has 2 aromatic rings. The summed E-state index contributed by atoms with van der Waals surface area (Å²) in [4.78, 5) is 28.3. The van der Waals surface area contributed by atoms with E-state index in [1.54, 1.807) is 13.1 Å². The summed E-state index contributed by atoms with van der Waals surface area (Å²) in [6.07, 6.45) is 2.10. The standard InChI is InChI=1S/C12H17N4O4PS.H2S2/c1-8-11(3-4-20-21(17,18)19)22-7-16(8)6-10-5-14-9(2)15-12(10)13;1-2/h5,7H,3-4,6H2,1-2H3,(H3-,13,14,15,17,18,19);1-2H. The third-order valence-corrected chi connectivity index (χ3v) is 4.75. The van der Waals surface area contributed by atoms with Gasteiger partial charge in [0.2, 0.25) is 5.51 Å². The first-order chi connectivity index (χ1) is 11.3. The summed E-state index contributed by atoms with van der Waals surface area (Å²) in [6, 6.07) is 0. The molecule has 1 unspecified atom stereocenters. The van der Waals surface area contributed by atoms with Crippen LogP contribution in [-0.4, -0.2) is 21.5 Å². The lowest BCUT2D eigenvalue weighted by atomic mass is 10.2. The van der Waals surface area contributed by atoms with Gasteiger partial charge < -0.3 is 20.0 Å². The van der Waals surface area contributed by atoms with E-state index in [0.29, 0.717) is 24.6 Å². The molecule has 0 radical (unpaired) electrons. The Morgan fingerprint density at radius 2 is 2.17 bits per heavy atom. The highest BCUT2D eigenvalue weighted by molar-refractivity contribution is 8.59. The van der Waals surface area contributed by atoms with Gasteiger partial charge in [-0.1, -0.05) is 11.3 Å². The summed E-state index contributed by atoms with van der Waals surface area (Å²) < 4.78 is 16.9. The maximum Gasteiger partial charge on any atom is 0.265 e. The smallest absolute Gasteiger partial charge is 0.265 e. The fourth-order valence-electron chi connectivity index (χ4n) is 1.92. The lowest BCUT2D eigenvalue weighted by Crippen LogP contribution is -2.35. The van der Waals surface area contributed by atoms with Crippen molar-refractivity contribution in [2.75, 3.05) is 12.3 Å². The van der Waals surface area contributed by atoms with Gasteiger partial charge in [0.1, 0.15) is 11.6 Å². The summed E-state index contributed by atoms with van der Waals surface area (Å²) in [6.45, 7) is 4.15. The Hall–Kier alpha value is -0.680. The van der Waals surface area contributed by atoms with Crippen LogP contribution in [0.2, 0.25) is 0 Å². The zero-order valence-electron chi connectivity index (χ0n) is 13.1. The molecule has 2 aromatic heterocycles. The highest BCUT2D eigenvalue weighted by atomic mass is 33.1. The molecule has 0 amide bonds. The predicted molar refractivity (Wildman–Crippen MR) is 97.0 cm³/mol. The number of rotatable bonds is 6. The van der Waals surface area contributed by atoms with Crippen molar-refractivity contribution in [3.63, 3.8) is 0 Å². The molecule has 0 fully saturated rings. The molecular formula is C12H19N4O4PS3. The molecule has 0 saturated heterocycles. The van der Waals surface area contributed by atoms with Crippen LogP contribution in [0, 0.1) is 13.8 Å². The number of aromatic nitrogens is 3. The molecule has 1 atom stereocenters. The van der Waals surface area contributed by atoms with E-state index in [1.807, 2.05) is 17.0 Å². The van der Waals surface area contributed by atoms with Gasteiger partial charge in [0.15, 0.2) is 12.2 Å². The van der Waals surface area contributed by atoms with Gasteiger partial charge >= 0.3 is 0 Å². The Morgan fingerprint density at radius 1 is 1.50 bits per heavy atom. The summed E-state index contributed by atoms with van der Waals surface area (Å²) in [7, 11) is -4.66. The number of phosphoric acid groups is 1. The average Bonchev–Trinajstić information content (AvgIpc) is 2.84. The van der Waals surface area contributed by atoms with Gasteiger partial charge in [-0.2, -0.15) is 4.57 Å². The number of anilines is 1. The SMILES string of the molecule is Cc1ncc(C[n+]2csc(CCOP(=O)([O-])O)c2C)c(N)n1.SS. The largest absolute Gasteiger partial charge is 0.756 e. The van der Waals surface area contributed by atoms with Crippen LogP contribution in [0.5, 0.6) is 0 Å².